The summed E-state index contributed by atoms with van der Waals surface area (Å²) in [5.74, 6) is -0.159. The molecule has 0 saturated carbocycles. The first-order valence-electron chi connectivity index (χ1n) is 4.77. The predicted octanol–water partition coefficient (Wildman–Crippen LogP) is 2.96. The summed E-state index contributed by atoms with van der Waals surface area (Å²) in [6.07, 6.45) is -4.83. The van der Waals surface area contributed by atoms with Crippen LogP contribution in [0.4, 0.5) is 32.0 Å². The van der Waals surface area contributed by atoms with E-state index >= 15 is 0 Å². The Kier molecular flexibility index (Phi) is 3.01. The normalized spacial score (nSPS) is 11.9. The van der Waals surface area contributed by atoms with E-state index in [-0.39, 0.29) is 0 Å². The number of nitrogens with two attached hydrogens (primary N) is 1. The van der Waals surface area contributed by atoms with Crippen molar-refractivity contribution in [1.29, 1.82) is 0 Å². The molecule has 0 atom stereocenters. The van der Waals surface area contributed by atoms with Gasteiger partial charge in [0.2, 0.25) is 0 Å². The van der Waals surface area contributed by atoms with Crippen molar-refractivity contribution in [2.75, 3.05) is 5.43 Å². The Hall–Kier alpha value is -2.03. The fourth-order valence-electron chi connectivity index (χ4n) is 1.56. The highest BCUT2D eigenvalue weighted by Crippen LogP contribution is 2.34. The van der Waals surface area contributed by atoms with Crippen LogP contribution in [0.15, 0.2) is 12.1 Å². The molecule has 0 aliphatic heterocycles. The molecule has 3 N–H and O–H groups in total. The van der Waals surface area contributed by atoms with E-state index in [2.05, 4.69) is 4.98 Å². The van der Waals surface area contributed by atoms with Gasteiger partial charge in [-0.1, -0.05) is 0 Å². The zero-order valence-corrected chi connectivity index (χ0v) is 8.95. The maximum atomic E-state index is 13.5. The lowest BCUT2D eigenvalue weighted by atomic mass is 10.1. The molecule has 0 spiro atoms. The fourth-order valence-corrected chi connectivity index (χ4v) is 1.56. The number of nitrogen functional groups attached to an aromatic ring is 1. The van der Waals surface area contributed by atoms with E-state index in [9.17, 15) is 26.3 Å². The van der Waals surface area contributed by atoms with E-state index in [1.807, 2.05) is 0 Å². The van der Waals surface area contributed by atoms with Crippen LogP contribution in [0.5, 0.6) is 0 Å². The Morgan fingerprint density at radius 1 is 1.05 bits per heavy atom. The number of halogens is 6. The van der Waals surface area contributed by atoms with Crippen molar-refractivity contribution in [3.05, 3.63) is 35.3 Å². The molecule has 1 heterocycles. The van der Waals surface area contributed by atoms with Gasteiger partial charge in [0.1, 0.15) is 5.69 Å². The average molecular weight is 281 g/mol. The van der Waals surface area contributed by atoms with Crippen LogP contribution in [0.2, 0.25) is 0 Å². The van der Waals surface area contributed by atoms with Crippen LogP contribution in [0.25, 0.3) is 10.9 Å². The fraction of sp³-hybridized carbons (Fsp3) is 0.100. The minimum atomic E-state index is -4.83. The summed E-state index contributed by atoms with van der Waals surface area (Å²) >= 11 is 0. The average Bonchev–Trinajstić information content (AvgIpc) is 2.33. The highest BCUT2D eigenvalue weighted by atomic mass is 19.4. The van der Waals surface area contributed by atoms with Crippen molar-refractivity contribution in [3.63, 3.8) is 0 Å². The lowest BCUT2D eigenvalue weighted by Crippen LogP contribution is -2.14. The second-order valence-electron chi connectivity index (χ2n) is 3.58. The summed E-state index contributed by atoms with van der Waals surface area (Å²) in [7, 11) is 0. The van der Waals surface area contributed by atoms with Crippen molar-refractivity contribution < 1.29 is 26.3 Å². The number of hydrogen-bond acceptors (Lipinski definition) is 3. The molecule has 9 heteroatoms. The number of hydrogen-bond donors (Lipinski definition) is 2. The Bertz CT molecular complexity index is 652. The van der Waals surface area contributed by atoms with E-state index in [1.165, 1.54) is 0 Å². The molecule has 0 unspecified atom stereocenters. The third kappa shape index (κ3) is 2.16. The standard InChI is InChI=1S/C10H5F6N3/c11-3-1-4-7(9(13)8(3)12)5(19-17)2-6(18-4)10(14,15)16/h1-2H,17H2,(H,18,19). The number of pyridine rings is 1. The van der Waals surface area contributed by atoms with E-state index in [0.717, 1.165) is 0 Å². The second kappa shape index (κ2) is 4.26. The predicted molar refractivity (Wildman–Crippen MR) is 54.4 cm³/mol. The molecule has 0 amide bonds. The van der Waals surface area contributed by atoms with Gasteiger partial charge in [-0.3, -0.25) is 5.84 Å². The molecule has 0 fully saturated rings. The Balaban J connectivity index is 2.89. The first-order chi connectivity index (χ1) is 8.75. The SMILES string of the molecule is NNc1cc(C(F)(F)F)nc2cc(F)c(F)c(F)c12. The smallest absolute Gasteiger partial charge is 0.323 e. The van der Waals surface area contributed by atoms with E-state index in [1.54, 1.807) is 5.43 Å². The first-order valence-corrected chi connectivity index (χ1v) is 4.77. The molecule has 1 aromatic heterocycles. The monoisotopic (exact) mass is 281 g/mol. The molecule has 0 bridgehead atoms. The molecule has 102 valence electrons. The maximum Gasteiger partial charge on any atom is 0.433 e. The Labute approximate surface area is 102 Å². The van der Waals surface area contributed by atoms with Gasteiger partial charge in [0.15, 0.2) is 17.5 Å². The van der Waals surface area contributed by atoms with Gasteiger partial charge in [-0.25, -0.2) is 18.2 Å². The first kappa shape index (κ1) is 13.4. The third-order valence-electron chi connectivity index (χ3n) is 2.38. The van der Waals surface area contributed by atoms with Gasteiger partial charge >= 0.3 is 6.18 Å². The Morgan fingerprint density at radius 3 is 2.21 bits per heavy atom. The number of nitrogens with one attached hydrogen (secondary N) is 1. The van der Waals surface area contributed by atoms with Crippen LogP contribution in [-0.2, 0) is 6.18 Å². The molecule has 3 nitrogen and oxygen atoms in total. The van der Waals surface area contributed by atoms with Gasteiger partial charge in [-0.2, -0.15) is 13.2 Å². The van der Waals surface area contributed by atoms with Gasteiger partial charge in [0.05, 0.1) is 16.6 Å². The molecular weight excluding hydrogens is 276 g/mol. The number of aromatic nitrogens is 1. The molecule has 0 aliphatic rings. The van der Waals surface area contributed by atoms with E-state index < -0.39 is 45.9 Å². The summed E-state index contributed by atoms with van der Waals surface area (Å²) in [5.41, 5.74) is -0.846. The van der Waals surface area contributed by atoms with Crippen LogP contribution < -0.4 is 11.3 Å². The number of fused-ring (bicyclic) bond motifs is 1. The largest absolute Gasteiger partial charge is 0.433 e. The number of anilines is 1. The number of benzene rings is 1. The lowest BCUT2D eigenvalue weighted by Gasteiger charge is -2.12. The molecule has 1 aromatic carbocycles. The van der Waals surface area contributed by atoms with Crippen molar-refractivity contribution in [2.45, 2.75) is 6.18 Å². The summed E-state index contributed by atoms with van der Waals surface area (Å²) < 4.78 is 77.1. The summed E-state index contributed by atoms with van der Waals surface area (Å²) in [4.78, 5) is 3.05. The molecule has 19 heavy (non-hydrogen) atoms. The Morgan fingerprint density at radius 2 is 1.68 bits per heavy atom. The summed E-state index contributed by atoms with van der Waals surface area (Å²) in [5, 5.41) is -0.658. The number of alkyl halides is 3. The van der Waals surface area contributed by atoms with Gasteiger partial charge in [-0.15, -0.1) is 0 Å². The van der Waals surface area contributed by atoms with Gasteiger partial charge in [0.25, 0.3) is 0 Å². The number of rotatable bonds is 1. The highest BCUT2D eigenvalue weighted by molar-refractivity contribution is 5.92. The quantitative estimate of drug-likeness (QED) is 0.366. The van der Waals surface area contributed by atoms with Gasteiger partial charge in [0, 0.05) is 6.07 Å². The van der Waals surface area contributed by atoms with E-state index in [4.69, 9.17) is 5.84 Å². The van der Waals surface area contributed by atoms with Crippen LogP contribution in [0, 0.1) is 17.5 Å². The molecule has 2 rings (SSSR count). The topological polar surface area (TPSA) is 50.9 Å². The minimum absolute atomic E-state index is 0.365. The van der Waals surface area contributed by atoms with Gasteiger partial charge in [-0.05, 0) is 6.07 Å². The van der Waals surface area contributed by atoms with E-state index in [0.29, 0.717) is 12.1 Å². The van der Waals surface area contributed by atoms with Gasteiger partial charge < -0.3 is 5.43 Å². The van der Waals surface area contributed by atoms with Crippen molar-refractivity contribution in [2.24, 2.45) is 5.84 Å². The van der Waals surface area contributed by atoms with Crippen LogP contribution in [-0.4, -0.2) is 4.98 Å². The lowest BCUT2D eigenvalue weighted by molar-refractivity contribution is -0.140. The molecule has 0 radical (unpaired) electrons. The molecule has 2 aromatic rings. The second-order valence-corrected chi connectivity index (χ2v) is 3.58. The molecule has 0 aliphatic carbocycles. The number of nitrogens with zero attached hydrogens (tertiary/aromatic N) is 1. The van der Waals surface area contributed by atoms with Crippen LogP contribution in [0.1, 0.15) is 5.69 Å². The minimum Gasteiger partial charge on any atom is -0.323 e. The molecular formula is C10H5F6N3. The van der Waals surface area contributed by atoms with Crippen LogP contribution in [0.3, 0.4) is 0 Å². The summed E-state index contributed by atoms with van der Waals surface area (Å²) in [6.45, 7) is 0. The maximum absolute atomic E-state index is 13.5. The highest BCUT2D eigenvalue weighted by Gasteiger charge is 2.34. The third-order valence-corrected chi connectivity index (χ3v) is 2.38. The van der Waals surface area contributed by atoms with Crippen molar-refractivity contribution in [1.82, 2.24) is 4.98 Å². The summed E-state index contributed by atoms with van der Waals surface area (Å²) in [6, 6.07) is 0.770. The van der Waals surface area contributed by atoms with Crippen molar-refractivity contribution >= 4 is 16.6 Å². The van der Waals surface area contributed by atoms with Crippen LogP contribution >= 0.6 is 0 Å². The zero-order valence-electron chi connectivity index (χ0n) is 8.95. The van der Waals surface area contributed by atoms with Crippen molar-refractivity contribution in [3.8, 4) is 0 Å². The molecule has 0 saturated heterocycles. The number of hydrazine groups is 1. The zero-order chi connectivity index (χ0) is 14.4.